The quantitative estimate of drug-likeness (QED) is 0.123. The number of benzene rings is 3. The molecule has 1 heterocycles. The van der Waals surface area contributed by atoms with Gasteiger partial charge in [0.25, 0.3) is 11.8 Å². The second-order valence-electron chi connectivity index (χ2n) is 8.78. The van der Waals surface area contributed by atoms with Crippen molar-refractivity contribution in [3.63, 3.8) is 0 Å². The minimum absolute atomic E-state index is 0.0838. The lowest BCUT2D eigenvalue weighted by Gasteiger charge is -2.15. The molecule has 1 aromatic heterocycles. The highest BCUT2D eigenvalue weighted by Crippen LogP contribution is 2.29. The Kier molecular flexibility index (Phi) is 10.7. The number of thioether (sulfide) groups is 1. The Morgan fingerprint density at radius 3 is 2.39 bits per heavy atom. The van der Waals surface area contributed by atoms with Crippen molar-refractivity contribution in [1.29, 1.82) is 0 Å². The van der Waals surface area contributed by atoms with Gasteiger partial charge in [-0.1, -0.05) is 70.9 Å². The Bertz CT molecular complexity index is 1550. The molecule has 1 unspecified atom stereocenters. The lowest BCUT2D eigenvalue weighted by molar-refractivity contribution is -0.116. The van der Waals surface area contributed by atoms with E-state index in [1.165, 1.54) is 18.0 Å². The van der Waals surface area contributed by atoms with Crippen LogP contribution < -0.4 is 16.0 Å². The number of rotatable bonds is 10. The Morgan fingerprint density at radius 2 is 1.71 bits per heavy atom. The number of aromatic nitrogens is 1. The largest absolute Gasteiger partial charge is 0.321 e. The summed E-state index contributed by atoms with van der Waals surface area (Å²) < 4.78 is 0.895. The van der Waals surface area contributed by atoms with Crippen LogP contribution in [0.5, 0.6) is 0 Å². The van der Waals surface area contributed by atoms with Crippen molar-refractivity contribution >= 4 is 74.6 Å². The lowest BCUT2D eigenvalue weighted by Crippen LogP contribution is -2.30. The highest BCUT2D eigenvalue weighted by molar-refractivity contribution is 9.10. The van der Waals surface area contributed by atoms with Gasteiger partial charge in [-0.25, -0.2) is 4.98 Å². The van der Waals surface area contributed by atoms with Gasteiger partial charge >= 0.3 is 0 Å². The molecule has 0 bridgehead atoms. The van der Waals surface area contributed by atoms with E-state index in [1.54, 1.807) is 60.7 Å². The Morgan fingerprint density at radius 1 is 0.951 bits per heavy atom. The van der Waals surface area contributed by atoms with E-state index in [-0.39, 0.29) is 11.6 Å². The molecule has 0 aliphatic rings. The molecule has 0 aliphatic heterocycles. The zero-order valence-electron chi connectivity index (χ0n) is 21.9. The zero-order valence-corrected chi connectivity index (χ0v) is 25.1. The highest BCUT2D eigenvalue weighted by Gasteiger charge is 2.20. The number of carbonyl (C=O) groups excluding carboxylic acids is 3. The van der Waals surface area contributed by atoms with Gasteiger partial charge in [-0.15, -0.1) is 11.8 Å². The molecule has 1 atom stereocenters. The van der Waals surface area contributed by atoms with E-state index in [0.717, 1.165) is 14.9 Å². The number of carbonyl (C=O) groups is 3. The maximum atomic E-state index is 13.4. The number of nitrogens with zero attached hydrogens (tertiary/aromatic N) is 1. The molecule has 4 rings (SSSR count). The molecule has 208 valence electrons. The average Bonchev–Trinajstić information content (AvgIpc) is 2.98. The van der Waals surface area contributed by atoms with Crippen LogP contribution in [-0.2, 0) is 9.59 Å². The van der Waals surface area contributed by atoms with Crippen molar-refractivity contribution in [2.75, 3.05) is 10.6 Å². The van der Waals surface area contributed by atoms with Crippen LogP contribution in [0.15, 0.2) is 112 Å². The fourth-order valence-electron chi connectivity index (χ4n) is 3.66. The van der Waals surface area contributed by atoms with Crippen LogP contribution in [0, 0.1) is 0 Å². The molecular weight excluding hydrogens is 624 g/mol. The van der Waals surface area contributed by atoms with Crippen molar-refractivity contribution in [3.05, 3.63) is 124 Å². The first-order chi connectivity index (χ1) is 19.8. The van der Waals surface area contributed by atoms with Gasteiger partial charge in [0.1, 0.15) is 11.5 Å². The highest BCUT2D eigenvalue weighted by atomic mass is 79.9. The predicted octanol–water partition coefficient (Wildman–Crippen LogP) is 7.42. The molecule has 3 amide bonds. The van der Waals surface area contributed by atoms with Crippen LogP contribution in [0.3, 0.4) is 0 Å². The van der Waals surface area contributed by atoms with Gasteiger partial charge in [0.05, 0.1) is 10.3 Å². The number of pyridine rings is 1. The van der Waals surface area contributed by atoms with Gasteiger partial charge in [0, 0.05) is 26.8 Å². The molecule has 0 saturated heterocycles. The van der Waals surface area contributed by atoms with Crippen molar-refractivity contribution in [3.8, 4) is 0 Å². The number of halogens is 2. The number of anilines is 2. The molecule has 3 N–H and O–H groups in total. The topological polar surface area (TPSA) is 100 Å². The summed E-state index contributed by atoms with van der Waals surface area (Å²) in [5.74, 6) is -0.662. The number of nitrogens with one attached hydrogen (secondary N) is 3. The number of hydrogen-bond acceptors (Lipinski definition) is 5. The summed E-state index contributed by atoms with van der Waals surface area (Å²) in [7, 11) is 0. The van der Waals surface area contributed by atoms with E-state index in [0.29, 0.717) is 28.5 Å². The van der Waals surface area contributed by atoms with Crippen molar-refractivity contribution in [2.24, 2.45) is 0 Å². The van der Waals surface area contributed by atoms with Crippen LogP contribution in [-0.4, -0.2) is 28.0 Å². The Balaban J connectivity index is 1.49. The molecule has 7 nitrogen and oxygen atoms in total. The molecule has 0 spiro atoms. The second-order valence-corrected chi connectivity index (χ2v) is 11.4. The molecule has 3 aromatic carbocycles. The van der Waals surface area contributed by atoms with Crippen molar-refractivity contribution in [2.45, 2.75) is 23.5 Å². The fraction of sp³-hybridized carbons (Fsp3) is 0.0968. The second kappa shape index (κ2) is 14.6. The van der Waals surface area contributed by atoms with Gasteiger partial charge in [-0.05, 0) is 72.7 Å². The maximum absolute atomic E-state index is 13.4. The predicted molar refractivity (Wildman–Crippen MR) is 169 cm³/mol. The summed E-state index contributed by atoms with van der Waals surface area (Å²) >= 11 is 10.7. The Hall–Kier alpha value is -3.92. The van der Waals surface area contributed by atoms with Gasteiger partial charge < -0.3 is 16.0 Å². The standard InChI is InChI=1S/C31H26BrClN4O3S/c1-2-27(31(40)37-28-16-15-23(33)19-34-28)41-25-10-6-9-24(18-25)35-30(39)26(17-20-11-13-22(32)14-12-20)36-29(38)21-7-4-3-5-8-21/h3-19,27H,2H2,1H3,(H,35,39)(H,36,38)(H,34,37,40)/b26-17-. The third kappa shape index (κ3) is 9.04. The molecule has 0 aliphatic carbocycles. The molecule has 0 fully saturated rings. The summed E-state index contributed by atoms with van der Waals surface area (Å²) in [5.41, 5.74) is 1.77. The van der Waals surface area contributed by atoms with Gasteiger partial charge in [-0.2, -0.15) is 0 Å². The van der Waals surface area contributed by atoms with Crippen LogP contribution in [0.4, 0.5) is 11.5 Å². The SMILES string of the molecule is CCC(Sc1cccc(NC(=O)/C(=C/c2ccc(Br)cc2)NC(=O)c2ccccc2)c1)C(=O)Nc1ccc(Cl)cn1. The lowest BCUT2D eigenvalue weighted by atomic mass is 10.1. The number of amides is 3. The first-order valence-corrected chi connectivity index (χ1v) is 14.7. The molecular formula is C31H26BrClN4O3S. The van der Waals surface area contributed by atoms with E-state index in [1.807, 2.05) is 43.3 Å². The molecule has 41 heavy (non-hydrogen) atoms. The summed E-state index contributed by atoms with van der Waals surface area (Å²) in [6.07, 6.45) is 3.66. The van der Waals surface area contributed by atoms with E-state index in [4.69, 9.17) is 11.6 Å². The summed E-state index contributed by atoms with van der Waals surface area (Å²) in [5, 5.41) is 8.51. The maximum Gasteiger partial charge on any atom is 0.272 e. The summed E-state index contributed by atoms with van der Waals surface area (Å²) in [6.45, 7) is 1.92. The van der Waals surface area contributed by atoms with Gasteiger partial charge in [0.2, 0.25) is 5.91 Å². The smallest absolute Gasteiger partial charge is 0.272 e. The minimum atomic E-state index is -0.488. The third-order valence-corrected chi connectivity index (χ3v) is 7.83. The fourth-order valence-corrected chi connectivity index (χ4v) is 5.05. The number of hydrogen-bond donors (Lipinski definition) is 3. The summed E-state index contributed by atoms with van der Waals surface area (Å²) in [6, 6.07) is 26.5. The molecule has 0 radical (unpaired) electrons. The van der Waals surface area contributed by atoms with Crippen molar-refractivity contribution < 1.29 is 14.4 Å². The summed E-state index contributed by atoms with van der Waals surface area (Å²) in [4.78, 5) is 44.1. The molecule has 4 aromatic rings. The first kappa shape index (κ1) is 30.0. The molecule has 10 heteroatoms. The van der Waals surface area contributed by atoms with Crippen LogP contribution in [0.2, 0.25) is 5.02 Å². The minimum Gasteiger partial charge on any atom is -0.321 e. The van der Waals surface area contributed by atoms with Gasteiger partial charge in [-0.3, -0.25) is 14.4 Å². The van der Waals surface area contributed by atoms with Crippen molar-refractivity contribution in [1.82, 2.24) is 10.3 Å². The zero-order chi connectivity index (χ0) is 29.2. The van der Waals surface area contributed by atoms with E-state index < -0.39 is 17.1 Å². The monoisotopic (exact) mass is 648 g/mol. The van der Waals surface area contributed by atoms with Crippen LogP contribution >= 0.6 is 39.3 Å². The normalized spacial score (nSPS) is 11.8. The third-order valence-electron chi connectivity index (χ3n) is 5.72. The van der Waals surface area contributed by atoms with Crippen LogP contribution in [0.25, 0.3) is 6.08 Å². The molecule has 0 saturated carbocycles. The Labute approximate surface area is 255 Å². The average molecular weight is 650 g/mol. The van der Waals surface area contributed by atoms with E-state index in [9.17, 15) is 14.4 Å². The van der Waals surface area contributed by atoms with E-state index >= 15 is 0 Å². The van der Waals surface area contributed by atoms with Gasteiger partial charge in [0.15, 0.2) is 0 Å². The first-order valence-electron chi connectivity index (χ1n) is 12.6. The van der Waals surface area contributed by atoms with Crippen LogP contribution in [0.1, 0.15) is 29.3 Å². The van der Waals surface area contributed by atoms with E-state index in [2.05, 4.69) is 36.9 Å².